The number of aryl methyl sites for hydroxylation is 2. The van der Waals surface area contributed by atoms with E-state index in [2.05, 4.69) is 10.4 Å². The number of amides is 1. The third-order valence-electron chi connectivity index (χ3n) is 4.03. The molecule has 0 spiro atoms. The molecule has 1 heterocycles. The van der Waals surface area contributed by atoms with Gasteiger partial charge in [-0.05, 0) is 30.4 Å². The largest absolute Gasteiger partial charge is 0.353 e. The average molecular weight is 297 g/mol. The standard InChI is InChI=1S/C17H19N3O2/c1-20-17(22)11-13-10-14(7-8-15(13)19-20)18-16(21)9-12-5-3-2-4-6-12/h2-6,11,14H,7-10H2,1H3,(H,18,21). The Balaban J connectivity index is 1.64. The normalized spacial score (nSPS) is 16.9. The fourth-order valence-electron chi connectivity index (χ4n) is 2.87. The van der Waals surface area contributed by atoms with E-state index in [0.29, 0.717) is 12.8 Å². The van der Waals surface area contributed by atoms with Crippen LogP contribution >= 0.6 is 0 Å². The molecule has 5 nitrogen and oxygen atoms in total. The van der Waals surface area contributed by atoms with Crippen LogP contribution in [-0.4, -0.2) is 21.7 Å². The fourth-order valence-corrected chi connectivity index (χ4v) is 2.87. The highest BCUT2D eigenvalue weighted by Crippen LogP contribution is 2.18. The summed E-state index contributed by atoms with van der Waals surface area (Å²) in [4.78, 5) is 23.8. The SMILES string of the molecule is Cn1nc2c(cc1=O)CC(NC(=O)Cc1ccccc1)CC2. The van der Waals surface area contributed by atoms with Crippen LogP contribution in [0.2, 0.25) is 0 Å². The number of hydrogen-bond donors (Lipinski definition) is 1. The minimum Gasteiger partial charge on any atom is -0.353 e. The number of carbonyl (C=O) groups is 1. The van der Waals surface area contributed by atoms with Gasteiger partial charge in [-0.3, -0.25) is 9.59 Å². The molecule has 1 unspecified atom stereocenters. The molecule has 1 aliphatic rings. The summed E-state index contributed by atoms with van der Waals surface area (Å²) in [6.45, 7) is 0. The van der Waals surface area contributed by atoms with Crippen molar-refractivity contribution in [2.45, 2.75) is 31.7 Å². The Kier molecular flexibility index (Phi) is 4.04. The van der Waals surface area contributed by atoms with Gasteiger partial charge in [0.05, 0.1) is 12.1 Å². The lowest BCUT2D eigenvalue weighted by atomic mass is 9.92. The van der Waals surface area contributed by atoms with Gasteiger partial charge in [0.15, 0.2) is 0 Å². The number of nitrogens with zero attached hydrogens (tertiary/aromatic N) is 2. The van der Waals surface area contributed by atoms with Crippen LogP contribution in [-0.2, 0) is 31.1 Å². The summed E-state index contributed by atoms with van der Waals surface area (Å²) in [7, 11) is 1.66. The Morgan fingerprint density at radius 3 is 2.91 bits per heavy atom. The number of fused-ring (bicyclic) bond motifs is 1. The van der Waals surface area contributed by atoms with Gasteiger partial charge in [-0.15, -0.1) is 0 Å². The third kappa shape index (κ3) is 3.24. The van der Waals surface area contributed by atoms with E-state index in [4.69, 9.17) is 0 Å². The molecule has 2 aromatic rings. The van der Waals surface area contributed by atoms with Gasteiger partial charge >= 0.3 is 0 Å². The molecule has 1 amide bonds. The highest BCUT2D eigenvalue weighted by Gasteiger charge is 2.22. The van der Waals surface area contributed by atoms with Crippen molar-refractivity contribution >= 4 is 5.91 Å². The maximum atomic E-state index is 12.1. The molecule has 3 rings (SSSR count). The lowest BCUT2D eigenvalue weighted by molar-refractivity contribution is -0.121. The summed E-state index contributed by atoms with van der Waals surface area (Å²) in [5.41, 5.74) is 2.83. The van der Waals surface area contributed by atoms with E-state index in [1.807, 2.05) is 30.3 Å². The van der Waals surface area contributed by atoms with Crippen molar-refractivity contribution in [2.24, 2.45) is 7.05 Å². The molecule has 0 saturated heterocycles. The molecular weight excluding hydrogens is 278 g/mol. The second-order valence-electron chi connectivity index (χ2n) is 5.75. The molecule has 0 bridgehead atoms. The molecule has 1 aromatic heterocycles. The molecule has 1 aromatic carbocycles. The summed E-state index contributed by atoms with van der Waals surface area (Å²) in [5, 5.41) is 7.35. The maximum absolute atomic E-state index is 12.1. The van der Waals surface area contributed by atoms with Crippen LogP contribution in [0.3, 0.4) is 0 Å². The minimum atomic E-state index is -0.102. The predicted molar refractivity (Wildman–Crippen MR) is 83.6 cm³/mol. The average Bonchev–Trinajstić information content (AvgIpc) is 2.49. The fraction of sp³-hybridized carbons (Fsp3) is 0.353. The zero-order valence-electron chi connectivity index (χ0n) is 12.6. The van der Waals surface area contributed by atoms with Crippen molar-refractivity contribution in [1.29, 1.82) is 0 Å². The van der Waals surface area contributed by atoms with Crippen molar-refractivity contribution in [3.05, 3.63) is 63.6 Å². The first-order chi connectivity index (χ1) is 10.6. The Morgan fingerprint density at radius 1 is 1.36 bits per heavy atom. The number of rotatable bonds is 3. The predicted octanol–water partition coefficient (Wildman–Crippen LogP) is 0.996. The minimum absolute atomic E-state index is 0.0245. The zero-order chi connectivity index (χ0) is 15.5. The smallest absolute Gasteiger partial charge is 0.266 e. The summed E-state index contributed by atoms with van der Waals surface area (Å²) >= 11 is 0. The van der Waals surface area contributed by atoms with Crippen molar-refractivity contribution in [2.75, 3.05) is 0 Å². The van der Waals surface area contributed by atoms with Crippen LogP contribution < -0.4 is 10.9 Å². The van der Waals surface area contributed by atoms with Gasteiger partial charge in [0, 0.05) is 19.2 Å². The van der Waals surface area contributed by atoms with Gasteiger partial charge in [-0.25, -0.2) is 4.68 Å². The van der Waals surface area contributed by atoms with Crippen LogP contribution in [0.25, 0.3) is 0 Å². The summed E-state index contributed by atoms with van der Waals surface area (Å²) < 4.78 is 1.37. The topological polar surface area (TPSA) is 64.0 Å². The molecule has 22 heavy (non-hydrogen) atoms. The van der Waals surface area contributed by atoms with Gasteiger partial charge in [0.2, 0.25) is 5.91 Å². The van der Waals surface area contributed by atoms with E-state index in [1.54, 1.807) is 13.1 Å². The molecule has 5 heteroatoms. The Morgan fingerprint density at radius 2 is 2.14 bits per heavy atom. The number of aromatic nitrogens is 2. The molecule has 0 fully saturated rings. The monoisotopic (exact) mass is 297 g/mol. The number of benzene rings is 1. The first kappa shape index (κ1) is 14.5. The first-order valence-corrected chi connectivity index (χ1v) is 7.51. The van der Waals surface area contributed by atoms with Crippen LogP contribution in [0, 0.1) is 0 Å². The highest BCUT2D eigenvalue weighted by atomic mass is 16.1. The van der Waals surface area contributed by atoms with Gasteiger partial charge in [0.25, 0.3) is 5.56 Å². The van der Waals surface area contributed by atoms with Gasteiger partial charge in [0.1, 0.15) is 0 Å². The first-order valence-electron chi connectivity index (χ1n) is 7.51. The van der Waals surface area contributed by atoms with Crippen LogP contribution in [0.4, 0.5) is 0 Å². The number of nitrogens with one attached hydrogen (secondary N) is 1. The second kappa shape index (κ2) is 6.13. The summed E-state index contributed by atoms with van der Waals surface area (Å²) in [5.74, 6) is 0.0245. The van der Waals surface area contributed by atoms with E-state index in [-0.39, 0.29) is 17.5 Å². The van der Waals surface area contributed by atoms with Crippen LogP contribution in [0.5, 0.6) is 0 Å². The van der Waals surface area contributed by atoms with Crippen molar-refractivity contribution in [3.8, 4) is 0 Å². The molecule has 0 saturated carbocycles. The highest BCUT2D eigenvalue weighted by molar-refractivity contribution is 5.78. The Labute approximate surface area is 129 Å². The molecule has 1 atom stereocenters. The molecule has 1 aliphatic carbocycles. The molecule has 0 radical (unpaired) electrons. The lowest BCUT2D eigenvalue weighted by Crippen LogP contribution is -2.40. The van der Waals surface area contributed by atoms with Crippen LogP contribution in [0.1, 0.15) is 23.2 Å². The van der Waals surface area contributed by atoms with E-state index < -0.39 is 0 Å². The Hall–Kier alpha value is -2.43. The van der Waals surface area contributed by atoms with E-state index in [1.165, 1.54) is 4.68 Å². The van der Waals surface area contributed by atoms with E-state index in [9.17, 15) is 9.59 Å². The van der Waals surface area contributed by atoms with E-state index in [0.717, 1.165) is 29.7 Å². The molecule has 0 aliphatic heterocycles. The van der Waals surface area contributed by atoms with E-state index >= 15 is 0 Å². The van der Waals surface area contributed by atoms with Crippen LogP contribution in [0.15, 0.2) is 41.2 Å². The van der Waals surface area contributed by atoms with Gasteiger partial charge < -0.3 is 5.32 Å². The maximum Gasteiger partial charge on any atom is 0.266 e. The van der Waals surface area contributed by atoms with Crippen molar-refractivity contribution in [1.82, 2.24) is 15.1 Å². The van der Waals surface area contributed by atoms with Crippen molar-refractivity contribution < 1.29 is 4.79 Å². The molecular formula is C17H19N3O2. The number of carbonyl (C=O) groups excluding carboxylic acids is 1. The van der Waals surface area contributed by atoms with Gasteiger partial charge in [-0.2, -0.15) is 5.10 Å². The quantitative estimate of drug-likeness (QED) is 0.919. The second-order valence-corrected chi connectivity index (χ2v) is 5.75. The summed E-state index contributed by atoms with van der Waals surface area (Å²) in [6.07, 6.45) is 2.72. The Bertz CT molecular complexity index is 737. The van der Waals surface area contributed by atoms with Crippen molar-refractivity contribution in [3.63, 3.8) is 0 Å². The third-order valence-corrected chi connectivity index (χ3v) is 4.03. The number of hydrogen-bond acceptors (Lipinski definition) is 3. The van der Waals surface area contributed by atoms with Gasteiger partial charge in [-0.1, -0.05) is 30.3 Å². The zero-order valence-corrected chi connectivity index (χ0v) is 12.6. The summed E-state index contributed by atoms with van der Waals surface area (Å²) in [6, 6.07) is 11.4. The molecule has 114 valence electrons. The lowest BCUT2D eigenvalue weighted by Gasteiger charge is -2.24. The molecule has 1 N–H and O–H groups in total.